The summed E-state index contributed by atoms with van der Waals surface area (Å²) in [6.45, 7) is 0.174. The molecular formula is C35H33N3O5S2. The van der Waals surface area contributed by atoms with Crippen molar-refractivity contribution in [2.75, 3.05) is 5.75 Å². The van der Waals surface area contributed by atoms with E-state index in [-0.39, 0.29) is 30.3 Å². The van der Waals surface area contributed by atoms with E-state index < -0.39 is 16.3 Å². The zero-order chi connectivity index (χ0) is 31.1. The van der Waals surface area contributed by atoms with Crippen molar-refractivity contribution in [3.8, 4) is 11.1 Å². The predicted molar refractivity (Wildman–Crippen MR) is 174 cm³/mol. The van der Waals surface area contributed by atoms with Crippen LogP contribution in [-0.4, -0.2) is 35.3 Å². The molecule has 2 N–H and O–H groups in total. The van der Waals surface area contributed by atoms with Gasteiger partial charge in [0.25, 0.3) is 0 Å². The monoisotopic (exact) mass is 639 g/mol. The van der Waals surface area contributed by atoms with Gasteiger partial charge < -0.3 is 14.6 Å². The van der Waals surface area contributed by atoms with Crippen molar-refractivity contribution in [3.63, 3.8) is 0 Å². The van der Waals surface area contributed by atoms with Crippen molar-refractivity contribution in [1.29, 1.82) is 0 Å². The number of aromatic nitrogens is 2. The highest BCUT2D eigenvalue weighted by Crippen LogP contribution is 2.39. The number of aliphatic hydroxyl groups excluding tert-OH is 1. The molecule has 0 saturated carbocycles. The lowest BCUT2D eigenvalue weighted by molar-refractivity contribution is -0.245. The second-order valence-corrected chi connectivity index (χ2v) is 13.4. The Kier molecular flexibility index (Phi) is 10.00. The Morgan fingerprint density at radius 2 is 1.51 bits per heavy atom. The molecule has 10 heteroatoms. The number of rotatable bonds is 11. The van der Waals surface area contributed by atoms with Crippen molar-refractivity contribution < 1.29 is 23.0 Å². The van der Waals surface area contributed by atoms with Crippen LogP contribution in [0.4, 0.5) is 0 Å². The minimum atomic E-state index is -3.60. The van der Waals surface area contributed by atoms with Crippen molar-refractivity contribution >= 4 is 21.8 Å². The highest BCUT2D eigenvalue weighted by molar-refractivity contribution is 7.99. The average molecular weight is 640 g/mol. The van der Waals surface area contributed by atoms with E-state index in [0.29, 0.717) is 17.3 Å². The van der Waals surface area contributed by atoms with Crippen LogP contribution in [0.3, 0.4) is 0 Å². The molecule has 1 aromatic heterocycles. The van der Waals surface area contributed by atoms with Crippen LogP contribution in [0.2, 0.25) is 0 Å². The van der Waals surface area contributed by atoms with E-state index in [1.165, 1.54) is 0 Å². The number of ether oxygens (including phenoxy) is 2. The summed E-state index contributed by atoms with van der Waals surface area (Å²) >= 11 is 1.55. The number of hydrogen-bond acceptors (Lipinski definition) is 8. The van der Waals surface area contributed by atoms with Gasteiger partial charge in [0.05, 0.1) is 23.7 Å². The van der Waals surface area contributed by atoms with Gasteiger partial charge in [0.2, 0.25) is 10.0 Å². The Morgan fingerprint density at radius 1 is 0.778 bits per heavy atom. The molecule has 0 spiro atoms. The van der Waals surface area contributed by atoms with Gasteiger partial charge in [-0.3, -0.25) is 0 Å². The summed E-state index contributed by atoms with van der Waals surface area (Å²) in [5, 5.41) is 10.2. The molecule has 8 nitrogen and oxygen atoms in total. The second kappa shape index (κ2) is 14.5. The number of thioether (sulfide) groups is 1. The molecule has 6 rings (SSSR count). The van der Waals surface area contributed by atoms with Gasteiger partial charge in [0.15, 0.2) is 11.4 Å². The van der Waals surface area contributed by atoms with Crippen LogP contribution in [-0.2, 0) is 32.6 Å². The lowest BCUT2D eigenvalue weighted by Crippen LogP contribution is -2.31. The molecule has 1 aliphatic heterocycles. The Hall–Kier alpha value is -3.90. The van der Waals surface area contributed by atoms with E-state index in [4.69, 9.17) is 9.47 Å². The first-order valence-corrected chi connectivity index (χ1v) is 17.1. The van der Waals surface area contributed by atoms with Crippen LogP contribution in [0.25, 0.3) is 11.1 Å². The molecule has 0 radical (unpaired) electrons. The molecule has 0 amide bonds. The predicted octanol–water partition coefficient (Wildman–Crippen LogP) is 6.45. The Bertz CT molecular complexity index is 1790. The van der Waals surface area contributed by atoms with Gasteiger partial charge in [0.1, 0.15) is 0 Å². The molecule has 1 fully saturated rings. The minimum absolute atomic E-state index is 0.00750. The smallest absolute Gasteiger partial charge is 0.240 e. The molecule has 2 heterocycles. The van der Waals surface area contributed by atoms with Gasteiger partial charge in [0, 0.05) is 36.7 Å². The van der Waals surface area contributed by atoms with Crippen molar-refractivity contribution in [1.82, 2.24) is 14.7 Å². The van der Waals surface area contributed by atoms with Crippen molar-refractivity contribution in [2.24, 2.45) is 0 Å². The topological polar surface area (TPSA) is 111 Å². The number of sulfonamides is 1. The second-order valence-electron chi connectivity index (χ2n) is 10.7. The molecule has 0 aliphatic carbocycles. The van der Waals surface area contributed by atoms with E-state index in [1.807, 2.05) is 72.8 Å². The third-order valence-electron chi connectivity index (χ3n) is 7.52. The first-order chi connectivity index (χ1) is 22.0. The van der Waals surface area contributed by atoms with Crippen LogP contribution in [0.1, 0.15) is 41.1 Å². The van der Waals surface area contributed by atoms with Gasteiger partial charge in [-0.15, -0.1) is 0 Å². The molecule has 1 saturated heterocycles. The molecule has 0 unspecified atom stereocenters. The molecule has 1 aliphatic rings. The van der Waals surface area contributed by atoms with E-state index in [2.05, 4.69) is 14.7 Å². The van der Waals surface area contributed by atoms with Gasteiger partial charge >= 0.3 is 0 Å². The first-order valence-electron chi connectivity index (χ1n) is 14.6. The maximum Gasteiger partial charge on any atom is 0.240 e. The van der Waals surface area contributed by atoms with Crippen LogP contribution < -0.4 is 4.72 Å². The molecular weight excluding hydrogens is 607 g/mol. The fourth-order valence-corrected chi connectivity index (χ4v) is 6.96. The summed E-state index contributed by atoms with van der Waals surface area (Å²) < 4.78 is 41.0. The third-order valence-corrected chi connectivity index (χ3v) is 9.94. The standard InChI is InChI=1S/C35H33N3O5S2/c39-23-25-10-12-28(13-11-25)33-21-31(24-44-35-36-18-5-19-37-35)42-34(43-33)29-16-14-27(15-17-29)30-7-4-6-26(20-30)22-38-45(40,41)32-8-2-1-3-9-32/h1-20,31,33-34,38-39H,21-24H2/t31-,33+,34+/m1/s1. The summed E-state index contributed by atoms with van der Waals surface area (Å²) in [6.07, 6.45) is 3.28. The highest BCUT2D eigenvalue weighted by atomic mass is 32.2. The molecule has 4 aromatic carbocycles. The van der Waals surface area contributed by atoms with Crippen LogP contribution >= 0.6 is 11.8 Å². The lowest BCUT2D eigenvalue weighted by atomic mass is 9.99. The summed E-state index contributed by atoms with van der Waals surface area (Å²) in [6, 6.07) is 33.9. The number of aliphatic hydroxyl groups is 1. The number of nitrogens with zero attached hydrogens (tertiary/aromatic N) is 2. The highest BCUT2D eigenvalue weighted by Gasteiger charge is 2.32. The van der Waals surface area contributed by atoms with E-state index in [9.17, 15) is 13.5 Å². The molecule has 5 aromatic rings. The quantitative estimate of drug-likeness (QED) is 0.125. The summed E-state index contributed by atoms with van der Waals surface area (Å²) in [5.74, 6) is 0.675. The lowest BCUT2D eigenvalue weighted by Gasteiger charge is -2.36. The minimum Gasteiger partial charge on any atom is -0.392 e. The van der Waals surface area contributed by atoms with Gasteiger partial charge in [-0.1, -0.05) is 96.7 Å². The zero-order valence-electron chi connectivity index (χ0n) is 24.4. The maximum absolute atomic E-state index is 12.7. The van der Waals surface area contributed by atoms with Gasteiger partial charge in [-0.2, -0.15) is 0 Å². The third kappa shape index (κ3) is 8.04. The largest absolute Gasteiger partial charge is 0.392 e. The van der Waals surface area contributed by atoms with E-state index in [1.54, 1.807) is 60.6 Å². The SMILES string of the molecule is O=S(=O)(NCc1cccc(-c2ccc([C@H]3O[C@@H](CSc4ncccn4)C[C@@H](c4ccc(CO)cc4)O3)cc2)c1)c1ccccc1. The molecule has 45 heavy (non-hydrogen) atoms. The Labute approximate surface area is 267 Å². The molecule has 0 bridgehead atoms. The fourth-order valence-electron chi connectivity index (χ4n) is 5.11. The average Bonchev–Trinajstić information content (AvgIpc) is 3.11. The van der Waals surface area contributed by atoms with Crippen molar-refractivity contribution in [3.05, 3.63) is 144 Å². The summed E-state index contributed by atoms with van der Waals surface area (Å²) in [5.41, 5.74) is 5.60. The molecule has 3 atom stereocenters. The van der Waals surface area contributed by atoms with Crippen molar-refractivity contribution in [2.45, 2.75) is 48.1 Å². The van der Waals surface area contributed by atoms with E-state index in [0.717, 1.165) is 33.4 Å². The Balaban J connectivity index is 1.16. The fraction of sp³-hybridized carbons (Fsp3) is 0.200. The van der Waals surface area contributed by atoms with Crippen LogP contribution in [0.15, 0.2) is 132 Å². The first kappa shape index (κ1) is 31.1. The van der Waals surface area contributed by atoms with E-state index >= 15 is 0 Å². The normalized spacial score (nSPS) is 18.5. The van der Waals surface area contributed by atoms with Crippen LogP contribution in [0, 0.1) is 0 Å². The molecule has 230 valence electrons. The number of hydrogen-bond donors (Lipinski definition) is 2. The maximum atomic E-state index is 12.7. The number of nitrogens with one attached hydrogen (secondary N) is 1. The van der Waals surface area contributed by atoms with Gasteiger partial charge in [-0.25, -0.2) is 23.1 Å². The number of benzene rings is 4. The zero-order valence-corrected chi connectivity index (χ0v) is 26.0. The van der Waals surface area contributed by atoms with Gasteiger partial charge in [-0.05, 0) is 52.1 Å². The van der Waals surface area contributed by atoms with Crippen LogP contribution in [0.5, 0.6) is 0 Å². The Morgan fingerprint density at radius 3 is 2.24 bits per heavy atom. The summed E-state index contributed by atoms with van der Waals surface area (Å²) in [7, 11) is -3.60. The summed E-state index contributed by atoms with van der Waals surface area (Å²) in [4.78, 5) is 8.89.